The van der Waals surface area contributed by atoms with Gasteiger partial charge in [-0.2, -0.15) is 0 Å². The normalized spacial score (nSPS) is 13.3. The number of hydrogen-bond acceptors (Lipinski definition) is 0. The Morgan fingerprint density at radius 1 is 0.375 bits per heavy atom. The summed E-state index contributed by atoms with van der Waals surface area (Å²) in [6.07, 6.45) is 0. The minimum Gasteiger partial charge on any atom is -0.310 e. The molecule has 2 aromatic heterocycles. The Morgan fingerprint density at radius 3 is 1.48 bits per heavy atom. The third-order valence-electron chi connectivity index (χ3n) is 11.5. The van der Waals surface area contributed by atoms with E-state index in [1.165, 1.54) is 120 Å². The van der Waals surface area contributed by atoms with E-state index in [9.17, 15) is 0 Å². The molecular formula is C45H29BN2. The average molecular weight is 609 g/mol. The molecule has 2 aliphatic rings. The lowest BCUT2D eigenvalue weighted by Crippen LogP contribution is -2.59. The van der Waals surface area contributed by atoms with Gasteiger partial charge in [-0.3, -0.25) is 0 Å². The van der Waals surface area contributed by atoms with Crippen molar-refractivity contribution in [2.24, 2.45) is 0 Å². The van der Waals surface area contributed by atoms with Crippen LogP contribution in [0.3, 0.4) is 0 Å². The Bertz CT molecular complexity index is 3150. The van der Waals surface area contributed by atoms with Crippen molar-refractivity contribution in [1.29, 1.82) is 0 Å². The van der Waals surface area contributed by atoms with Crippen LogP contribution in [0.5, 0.6) is 0 Å². The molecule has 0 amide bonds. The fraction of sp³-hybridized carbons (Fsp3) is 0.0667. The molecule has 0 N–H and O–H groups in total. The summed E-state index contributed by atoms with van der Waals surface area (Å²) in [6, 6.07) is 46.6. The van der Waals surface area contributed by atoms with Gasteiger partial charge in [0, 0.05) is 44.0 Å². The van der Waals surface area contributed by atoms with Gasteiger partial charge < -0.3 is 9.13 Å². The highest BCUT2D eigenvalue weighted by atomic mass is 15.0. The first kappa shape index (κ1) is 25.3. The quantitative estimate of drug-likeness (QED) is 0.120. The molecule has 0 spiro atoms. The highest BCUT2D eigenvalue weighted by Crippen LogP contribution is 2.43. The van der Waals surface area contributed by atoms with E-state index in [2.05, 4.69) is 151 Å². The third kappa shape index (κ3) is 2.85. The number of hydrogen-bond donors (Lipinski definition) is 0. The number of rotatable bonds is 0. The van der Waals surface area contributed by atoms with E-state index in [4.69, 9.17) is 0 Å². The Kier molecular flexibility index (Phi) is 4.41. The molecule has 2 aliphatic heterocycles. The van der Waals surface area contributed by atoms with Gasteiger partial charge in [-0.25, -0.2) is 0 Å². The van der Waals surface area contributed by atoms with Crippen molar-refractivity contribution in [3.8, 4) is 11.4 Å². The van der Waals surface area contributed by atoms with Crippen molar-refractivity contribution in [1.82, 2.24) is 9.13 Å². The molecule has 4 heterocycles. The Hall–Kier alpha value is -5.80. The molecule has 0 radical (unpaired) electrons. The molecule has 0 fully saturated rings. The molecule has 0 bridgehead atoms. The van der Waals surface area contributed by atoms with Gasteiger partial charge in [-0.15, -0.1) is 0 Å². The zero-order valence-corrected chi connectivity index (χ0v) is 27.0. The lowest BCUT2D eigenvalue weighted by molar-refractivity contribution is 1.14. The predicted molar refractivity (Wildman–Crippen MR) is 207 cm³/mol. The van der Waals surface area contributed by atoms with Crippen molar-refractivity contribution in [3.05, 3.63) is 138 Å². The van der Waals surface area contributed by atoms with Crippen molar-refractivity contribution >= 4 is 99.0 Å². The lowest BCUT2D eigenvalue weighted by atomic mass is 9.34. The number of nitrogens with zero attached hydrogens (tertiary/aromatic N) is 2. The molecule has 0 saturated carbocycles. The van der Waals surface area contributed by atoms with Gasteiger partial charge in [0.25, 0.3) is 6.71 Å². The molecule has 0 aliphatic carbocycles. The standard InChI is InChI=1S/C45H29BN2/c1-24-15-16-39-33(17-24)35-18-25(2)20-37-44(35)47(39)40-13-8-14-41-43(40)46(37)38-21-26(3)19-36-34-22-31-29-11-6-4-9-27(29)28-10-5-7-12-30(28)32(31)23-42(34)48(41)45(36)38/h4-23H,1-3H3. The first-order valence-corrected chi connectivity index (χ1v) is 17.1. The van der Waals surface area contributed by atoms with Gasteiger partial charge in [0.2, 0.25) is 0 Å². The molecule has 48 heavy (non-hydrogen) atoms. The van der Waals surface area contributed by atoms with Crippen LogP contribution in [0.2, 0.25) is 0 Å². The second-order valence-corrected chi connectivity index (χ2v) is 14.3. The summed E-state index contributed by atoms with van der Waals surface area (Å²) < 4.78 is 5.17. The lowest BCUT2D eigenvalue weighted by Gasteiger charge is -2.34. The summed E-state index contributed by atoms with van der Waals surface area (Å²) in [7, 11) is 0. The second-order valence-electron chi connectivity index (χ2n) is 14.3. The summed E-state index contributed by atoms with van der Waals surface area (Å²) in [4.78, 5) is 0. The molecule has 0 unspecified atom stereocenters. The van der Waals surface area contributed by atoms with Crippen LogP contribution in [0.1, 0.15) is 16.7 Å². The molecule has 3 heteroatoms. The SMILES string of the molecule is Cc1ccc2c(c1)c1cc(C)cc3c1n2-c1cccc2c1B3c1cc(C)cc3c4cc5c6ccccc6c6ccccc6c5cc4n-2c13. The highest BCUT2D eigenvalue weighted by molar-refractivity contribution is 7.00. The minimum absolute atomic E-state index is 0.159. The average Bonchev–Trinajstić information content (AvgIpc) is 3.60. The molecule has 0 saturated heterocycles. The Morgan fingerprint density at radius 2 is 0.875 bits per heavy atom. The maximum atomic E-state index is 2.60. The van der Waals surface area contributed by atoms with E-state index in [0.717, 1.165) is 0 Å². The molecule has 2 nitrogen and oxygen atoms in total. The van der Waals surface area contributed by atoms with Crippen LogP contribution in [0.15, 0.2) is 121 Å². The molecular weight excluding hydrogens is 579 g/mol. The fourth-order valence-corrected chi connectivity index (χ4v) is 9.81. The van der Waals surface area contributed by atoms with E-state index in [0.29, 0.717) is 0 Å². The van der Waals surface area contributed by atoms with Crippen molar-refractivity contribution in [3.63, 3.8) is 0 Å². The van der Waals surface area contributed by atoms with E-state index in [1.807, 2.05) is 0 Å². The monoisotopic (exact) mass is 608 g/mol. The maximum Gasteiger partial charge on any atom is 0.252 e. The summed E-state index contributed by atoms with van der Waals surface area (Å²) in [5.41, 5.74) is 16.1. The number of benzene rings is 8. The largest absolute Gasteiger partial charge is 0.310 e. The number of fused-ring (bicyclic) bond motifs is 16. The van der Waals surface area contributed by atoms with E-state index >= 15 is 0 Å². The first-order valence-electron chi connectivity index (χ1n) is 17.1. The predicted octanol–water partition coefficient (Wildman–Crippen LogP) is 9.41. The van der Waals surface area contributed by atoms with E-state index < -0.39 is 0 Å². The Balaban J connectivity index is 1.31. The smallest absolute Gasteiger partial charge is 0.252 e. The van der Waals surface area contributed by atoms with Gasteiger partial charge >= 0.3 is 0 Å². The zero-order valence-electron chi connectivity index (χ0n) is 27.0. The Labute approximate surface area is 277 Å². The molecule has 222 valence electrons. The van der Waals surface area contributed by atoms with E-state index in [1.54, 1.807) is 0 Å². The van der Waals surface area contributed by atoms with Crippen LogP contribution in [-0.4, -0.2) is 15.8 Å². The summed E-state index contributed by atoms with van der Waals surface area (Å²) in [5, 5.41) is 13.3. The molecule has 12 rings (SSSR count). The van der Waals surface area contributed by atoms with Crippen LogP contribution in [0.4, 0.5) is 0 Å². The topological polar surface area (TPSA) is 9.86 Å². The van der Waals surface area contributed by atoms with Crippen LogP contribution < -0.4 is 16.4 Å². The highest BCUT2D eigenvalue weighted by Gasteiger charge is 2.41. The maximum absolute atomic E-state index is 2.60. The second kappa shape index (κ2) is 8.37. The van der Waals surface area contributed by atoms with Gasteiger partial charge in [0.15, 0.2) is 0 Å². The van der Waals surface area contributed by atoms with Gasteiger partial charge in [0.05, 0.1) is 11.0 Å². The van der Waals surface area contributed by atoms with Crippen LogP contribution >= 0.6 is 0 Å². The fourth-order valence-electron chi connectivity index (χ4n) is 9.81. The minimum atomic E-state index is 0.159. The van der Waals surface area contributed by atoms with Gasteiger partial charge in [-0.1, -0.05) is 89.5 Å². The number of aromatic nitrogens is 2. The summed E-state index contributed by atoms with van der Waals surface area (Å²) in [5.74, 6) is 0. The van der Waals surface area contributed by atoms with Crippen molar-refractivity contribution in [2.75, 3.05) is 0 Å². The van der Waals surface area contributed by atoms with Crippen molar-refractivity contribution < 1.29 is 0 Å². The van der Waals surface area contributed by atoms with Crippen LogP contribution in [-0.2, 0) is 0 Å². The third-order valence-corrected chi connectivity index (χ3v) is 11.5. The van der Waals surface area contributed by atoms with Crippen LogP contribution in [0, 0.1) is 20.8 Å². The molecule has 0 atom stereocenters. The molecule has 10 aromatic rings. The zero-order chi connectivity index (χ0) is 31.6. The van der Waals surface area contributed by atoms with Crippen molar-refractivity contribution in [2.45, 2.75) is 20.8 Å². The molecule has 8 aromatic carbocycles. The number of aryl methyl sites for hydroxylation is 3. The summed E-state index contributed by atoms with van der Waals surface area (Å²) in [6.45, 7) is 6.91. The van der Waals surface area contributed by atoms with Gasteiger partial charge in [-0.05, 0) is 118 Å². The van der Waals surface area contributed by atoms with Gasteiger partial charge in [0.1, 0.15) is 0 Å². The summed E-state index contributed by atoms with van der Waals surface area (Å²) >= 11 is 0. The first-order chi connectivity index (χ1) is 23.5. The van der Waals surface area contributed by atoms with E-state index in [-0.39, 0.29) is 6.71 Å². The van der Waals surface area contributed by atoms with Crippen LogP contribution in [0.25, 0.3) is 87.3 Å².